The van der Waals surface area contributed by atoms with Crippen molar-refractivity contribution < 1.29 is 4.39 Å². The minimum Gasteiger partial charge on any atom is -0.359 e. The fourth-order valence-electron chi connectivity index (χ4n) is 3.33. The summed E-state index contributed by atoms with van der Waals surface area (Å²) in [7, 11) is 0. The highest BCUT2D eigenvalue weighted by atomic mass is 19.1. The van der Waals surface area contributed by atoms with Gasteiger partial charge in [-0.15, -0.1) is 0 Å². The van der Waals surface area contributed by atoms with E-state index in [1.165, 1.54) is 0 Å². The Morgan fingerprint density at radius 2 is 1.75 bits per heavy atom. The molecule has 3 heterocycles. The van der Waals surface area contributed by atoms with E-state index in [-0.39, 0.29) is 5.82 Å². The fraction of sp³-hybridized carbons (Fsp3) is 0.0455. The first-order chi connectivity index (χ1) is 13.7. The summed E-state index contributed by atoms with van der Waals surface area (Å²) in [4.78, 5) is 16.5. The predicted octanol–water partition coefficient (Wildman–Crippen LogP) is 5.36. The zero-order valence-corrected chi connectivity index (χ0v) is 15.1. The van der Waals surface area contributed by atoms with Gasteiger partial charge in [0, 0.05) is 39.9 Å². The molecule has 0 aliphatic heterocycles. The van der Waals surface area contributed by atoms with Crippen molar-refractivity contribution in [1.29, 1.82) is 0 Å². The van der Waals surface area contributed by atoms with Crippen LogP contribution in [0.5, 0.6) is 0 Å². The van der Waals surface area contributed by atoms with Crippen molar-refractivity contribution >= 4 is 33.3 Å². The lowest BCUT2D eigenvalue weighted by Crippen LogP contribution is -2.01. The first-order valence-corrected chi connectivity index (χ1v) is 8.91. The van der Waals surface area contributed by atoms with Gasteiger partial charge in [0.05, 0.1) is 11.2 Å². The van der Waals surface area contributed by atoms with Crippen LogP contribution in [0.1, 0.15) is 5.69 Å². The summed E-state index contributed by atoms with van der Waals surface area (Å²) in [5, 5.41) is 4.55. The van der Waals surface area contributed by atoms with Crippen LogP contribution >= 0.6 is 0 Å². The molecule has 0 aliphatic rings. The molecule has 2 aromatic carbocycles. The van der Waals surface area contributed by atoms with E-state index in [2.05, 4.69) is 25.3 Å². The highest BCUT2D eigenvalue weighted by molar-refractivity contribution is 5.93. The van der Waals surface area contributed by atoms with Crippen LogP contribution in [-0.2, 0) is 0 Å². The van der Waals surface area contributed by atoms with Crippen molar-refractivity contribution in [3.8, 4) is 11.4 Å². The van der Waals surface area contributed by atoms with E-state index in [1.807, 2.05) is 49.4 Å². The third kappa shape index (κ3) is 2.75. The van der Waals surface area contributed by atoms with Gasteiger partial charge in [-0.2, -0.15) is 0 Å². The van der Waals surface area contributed by atoms with Crippen molar-refractivity contribution in [2.45, 2.75) is 6.92 Å². The predicted molar refractivity (Wildman–Crippen MR) is 109 cm³/mol. The van der Waals surface area contributed by atoms with Crippen molar-refractivity contribution in [2.75, 3.05) is 5.32 Å². The Kier molecular flexibility index (Phi) is 3.76. The molecule has 136 valence electrons. The topological polar surface area (TPSA) is 66.5 Å². The van der Waals surface area contributed by atoms with E-state index >= 15 is 4.39 Å². The molecule has 0 atom stereocenters. The lowest BCUT2D eigenvalue weighted by Gasteiger charge is -2.12. The maximum atomic E-state index is 15.1. The number of rotatable bonds is 3. The molecule has 5 aromatic rings. The Hall–Kier alpha value is -3.80. The van der Waals surface area contributed by atoms with Crippen LogP contribution in [0.15, 0.2) is 67.0 Å². The summed E-state index contributed by atoms with van der Waals surface area (Å²) in [5.41, 5.74) is 3.69. The summed E-state index contributed by atoms with van der Waals surface area (Å²) in [6.45, 7) is 1.91. The summed E-state index contributed by atoms with van der Waals surface area (Å²) in [5.74, 6) is 0.806. The quantitative estimate of drug-likeness (QED) is 0.449. The second-order valence-corrected chi connectivity index (χ2v) is 6.61. The fourth-order valence-corrected chi connectivity index (χ4v) is 3.33. The zero-order chi connectivity index (χ0) is 19.1. The van der Waals surface area contributed by atoms with Gasteiger partial charge < -0.3 is 10.3 Å². The van der Waals surface area contributed by atoms with Gasteiger partial charge in [-0.25, -0.2) is 14.4 Å². The van der Waals surface area contributed by atoms with E-state index in [0.717, 1.165) is 27.7 Å². The Labute approximate surface area is 160 Å². The first kappa shape index (κ1) is 16.4. The molecular formula is C22H16FN5. The molecule has 5 rings (SSSR count). The van der Waals surface area contributed by atoms with Gasteiger partial charge >= 0.3 is 0 Å². The minimum absolute atomic E-state index is 0.310. The third-order valence-electron chi connectivity index (χ3n) is 4.67. The van der Waals surface area contributed by atoms with Crippen molar-refractivity contribution in [2.24, 2.45) is 0 Å². The number of H-pyrrole nitrogens is 1. The molecule has 28 heavy (non-hydrogen) atoms. The van der Waals surface area contributed by atoms with E-state index in [1.54, 1.807) is 24.5 Å². The summed E-state index contributed by atoms with van der Waals surface area (Å²) in [6, 6.07) is 16.8. The average Bonchev–Trinajstić information content (AvgIpc) is 3.12. The molecule has 6 heteroatoms. The van der Waals surface area contributed by atoms with Crippen LogP contribution in [0.4, 0.5) is 15.9 Å². The lowest BCUT2D eigenvalue weighted by molar-refractivity contribution is 0.644. The molecule has 0 saturated carbocycles. The van der Waals surface area contributed by atoms with Crippen LogP contribution < -0.4 is 5.32 Å². The van der Waals surface area contributed by atoms with Gasteiger partial charge in [0.25, 0.3) is 0 Å². The number of nitrogens with one attached hydrogen (secondary N) is 2. The number of pyridine rings is 1. The van der Waals surface area contributed by atoms with Gasteiger partial charge in [0.1, 0.15) is 5.82 Å². The highest BCUT2D eigenvalue weighted by Gasteiger charge is 2.14. The Bertz CT molecular complexity index is 1310. The van der Waals surface area contributed by atoms with E-state index in [4.69, 9.17) is 0 Å². The number of fused-ring (bicyclic) bond motifs is 2. The Morgan fingerprint density at radius 1 is 0.929 bits per heavy atom. The van der Waals surface area contributed by atoms with Crippen molar-refractivity contribution in [3.05, 3.63) is 78.5 Å². The summed E-state index contributed by atoms with van der Waals surface area (Å²) < 4.78 is 15.1. The molecule has 0 spiro atoms. The third-order valence-corrected chi connectivity index (χ3v) is 4.67. The second-order valence-electron chi connectivity index (χ2n) is 6.61. The number of halogens is 1. The Balaban J connectivity index is 1.67. The standard InChI is InChI=1S/C22H16FN5/c1-13-12-16-18(25-13)6-7-19(20(16)23)27-22-15-4-2-3-5-17(15)26-21(28-22)14-8-10-24-11-9-14/h2-12,25H,1H3,(H,26,27,28). The molecule has 2 N–H and O–H groups in total. The van der Waals surface area contributed by atoms with Crippen LogP contribution in [-0.4, -0.2) is 19.9 Å². The molecule has 0 fully saturated rings. The van der Waals surface area contributed by atoms with Crippen LogP contribution in [0.3, 0.4) is 0 Å². The van der Waals surface area contributed by atoms with Gasteiger partial charge in [0.2, 0.25) is 0 Å². The van der Waals surface area contributed by atoms with Gasteiger partial charge in [0.15, 0.2) is 11.6 Å². The number of para-hydroxylation sites is 1. The van der Waals surface area contributed by atoms with Gasteiger partial charge in [-0.3, -0.25) is 4.98 Å². The Morgan fingerprint density at radius 3 is 2.61 bits per heavy atom. The molecule has 0 unspecified atom stereocenters. The van der Waals surface area contributed by atoms with Crippen molar-refractivity contribution in [3.63, 3.8) is 0 Å². The first-order valence-electron chi connectivity index (χ1n) is 8.91. The molecular weight excluding hydrogens is 353 g/mol. The molecule has 5 nitrogen and oxygen atoms in total. The lowest BCUT2D eigenvalue weighted by atomic mass is 10.2. The molecule has 0 radical (unpaired) electrons. The number of nitrogens with zero attached hydrogens (tertiary/aromatic N) is 3. The molecule has 0 aliphatic carbocycles. The second kappa shape index (κ2) is 6.42. The van der Waals surface area contributed by atoms with Gasteiger partial charge in [-0.05, 0) is 49.4 Å². The highest BCUT2D eigenvalue weighted by Crippen LogP contribution is 2.31. The van der Waals surface area contributed by atoms with Gasteiger partial charge in [-0.1, -0.05) is 12.1 Å². The summed E-state index contributed by atoms with van der Waals surface area (Å²) >= 11 is 0. The van der Waals surface area contributed by atoms with E-state index in [9.17, 15) is 0 Å². The summed E-state index contributed by atoms with van der Waals surface area (Å²) in [6.07, 6.45) is 3.39. The molecule has 0 bridgehead atoms. The minimum atomic E-state index is -0.310. The maximum absolute atomic E-state index is 15.1. The normalized spacial score (nSPS) is 11.2. The molecule has 3 aromatic heterocycles. The van der Waals surface area contributed by atoms with E-state index < -0.39 is 0 Å². The number of aromatic amines is 1. The smallest absolute Gasteiger partial charge is 0.162 e. The van der Waals surface area contributed by atoms with E-state index in [0.29, 0.717) is 22.7 Å². The maximum Gasteiger partial charge on any atom is 0.162 e. The number of hydrogen-bond acceptors (Lipinski definition) is 4. The number of hydrogen-bond donors (Lipinski definition) is 2. The SMILES string of the molecule is Cc1cc2c(F)c(Nc3nc(-c4ccncc4)nc4ccccc34)ccc2[nH]1. The number of aromatic nitrogens is 4. The molecule has 0 saturated heterocycles. The average molecular weight is 369 g/mol. The molecule has 0 amide bonds. The number of benzene rings is 2. The van der Waals surface area contributed by atoms with Crippen LogP contribution in [0.2, 0.25) is 0 Å². The number of aryl methyl sites for hydroxylation is 1. The largest absolute Gasteiger partial charge is 0.359 e. The zero-order valence-electron chi connectivity index (χ0n) is 15.1. The monoisotopic (exact) mass is 369 g/mol. The number of anilines is 2. The van der Waals surface area contributed by atoms with Crippen LogP contribution in [0, 0.1) is 12.7 Å². The van der Waals surface area contributed by atoms with Crippen LogP contribution in [0.25, 0.3) is 33.2 Å². The van der Waals surface area contributed by atoms with Crippen molar-refractivity contribution in [1.82, 2.24) is 19.9 Å².